The third-order valence-electron chi connectivity index (χ3n) is 5.35. The first-order chi connectivity index (χ1) is 14.6. The molecule has 1 atom stereocenters. The van der Waals surface area contributed by atoms with E-state index in [0.717, 1.165) is 27.1 Å². The van der Waals surface area contributed by atoms with E-state index in [1.807, 2.05) is 0 Å². The molecule has 0 unspecified atom stereocenters. The average molecular weight is 458 g/mol. The molecule has 0 aliphatic rings. The van der Waals surface area contributed by atoms with Gasteiger partial charge in [0.05, 0.1) is 23.4 Å². The number of aromatic nitrogens is 3. The summed E-state index contributed by atoms with van der Waals surface area (Å²) in [5.41, 5.74) is -3.09. The fraction of sp³-hybridized carbons (Fsp3) is 0.381. The van der Waals surface area contributed by atoms with Gasteiger partial charge in [-0.1, -0.05) is 6.07 Å². The smallest absolute Gasteiger partial charge is 0.345 e. The maximum atomic E-state index is 13.3. The Kier molecular flexibility index (Phi) is 5.73. The first-order valence-corrected chi connectivity index (χ1v) is 9.51. The number of alkyl halides is 6. The Morgan fingerprint density at radius 3 is 2.31 bits per heavy atom. The molecule has 0 radical (unpaired) electrons. The van der Waals surface area contributed by atoms with Crippen molar-refractivity contribution < 1.29 is 31.1 Å². The molecule has 3 rings (SSSR count). The van der Waals surface area contributed by atoms with Crippen molar-refractivity contribution in [2.75, 3.05) is 0 Å². The third-order valence-corrected chi connectivity index (χ3v) is 5.35. The second-order valence-corrected chi connectivity index (χ2v) is 7.99. The summed E-state index contributed by atoms with van der Waals surface area (Å²) in [4.78, 5) is 16.7. The fourth-order valence-corrected chi connectivity index (χ4v) is 3.24. The van der Waals surface area contributed by atoms with Crippen LogP contribution in [0.1, 0.15) is 54.1 Å². The molecule has 0 saturated carbocycles. The van der Waals surface area contributed by atoms with Crippen molar-refractivity contribution in [2.24, 2.45) is 7.05 Å². The molecule has 172 valence electrons. The first kappa shape index (κ1) is 23.6. The van der Waals surface area contributed by atoms with E-state index in [-0.39, 0.29) is 22.3 Å². The first-order valence-electron chi connectivity index (χ1n) is 9.51. The Hall–Kier alpha value is -3.11. The molecule has 1 amide bonds. The number of carbonyl (C=O) groups excluding carboxylic acids is 1. The van der Waals surface area contributed by atoms with Gasteiger partial charge in [-0.05, 0) is 45.0 Å². The third kappa shape index (κ3) is 4.28. The molecule has 0 saturated heterocycles. The van der Waals surface area contributed by atoms with E-state index in [1.54, 1.807) is 0 Å². The molecule has 3 aromatic rings. The van der Waals surface area contributed by atoms with Gasteiger partial charge in [-0.2, -0.15) is 31.4 Å². The standard InChI is InChI=1S/C21H20F6N4O/c1-11(14-10-28-31(4)17(14)20(22,23)24)29-18(32)13-5-7-15-12(9-13)6-8-16(30-15)19(2,3)21(25,26)27/h5-11H,1-4H3,(H,29,32)/t11-/m0/s1. The summed E-state index contributed by atoms with van der Waals surface area (Å²) in [6.45, 7) is 3.45. The van der Waals surface area contributed by atoms with Gasteiger partial charge < -0.3 is 5.32 Å². The normalized spacial score (nSPS) is 13.9. The minimum absolute atomic E-state index is 0.131. The van der Waals surface area contributed by atoms with Crippen LogP contribution in [0.5, 0.6) is 0 Å². The second kappa shape index (κ2) is 7.79. The molecule has 2 heterocycles. The van der Waals surface area contributed by atoms with Crippen molar-refractivity contribution >= 4 is 16.8 Å². The molecule has 2 aromatic heterocycles. The predicted octanol–water partition coefficient (Wildman–Crippen LogP) is 5.32. The lowest BCUT2D eigenvalue weighted by Crippen LogP contribution is -2.37. The van der Waals surface area contributed by atoms with E-state index in [4.69, 9.17) is 0 Å². The summed E-state index contributed by atoms with van der Waals surface area (Å²) in [5, 5.41) is 6.55. The fourth-order valence-electron chi connectivity index (χ4n) is 3.24. The van der Waals surface area contributed by atoms with Gasteiger partial charge in [0, 0.05) is 23.6 Å². The predicted molar refractivity (Wildman–Crippen MR) is 105 cm³/mol. The summed E-state index contributed by atoms with van der Waals surface area (Å²) in [6, 6.07) is 5.85. The zero-order chi connectivity index (χ0) is 24.1. The van der Waals surface area contributed by atoms with Gasteiger partial charge >= 0.3 is 12.4 Å². The molecule has 0 aliphatic heterocycles. The van der Waals surface area contributed by atoms with E-state index < -0.39 is 35.4 Å². The number of rotatable bonds is 4. The Bertz CT molecular complexity index is 1160. The number of hydrogen-bond acceptors (Lipinski definition) is 3. The van der Waals surface area contributed by atoms with E-state index in [2.05, 4.69) is 15.4 Å². The van der Waals surface area contributed by atoms with Gasteiger partial charge in [-0.25, -0.2) is 0 Å². The van der Waals surface area contributed by atoms with Crippen LogP contribution in [0, 0.1) is 0 Å². The van der Waals surface area contributed by atoms with Gasteiger partial charge in [0.15, 0.2) is 0 Å². The highest BCUT2D eigenvalue weighted by Gasteiger charge is 2.49. The molecule has 11 heteroatoms. The number of nitrogens with zero attached hydrogens (tertiary/aromatic N) is 3. The molecular weight excluding hydrogens is 438 g/mol. The highest BCUT2D eigenvalue weighted by Crippen LogP contribution is 2.40. The molecule has 32 heavy (non-hydrogen) atoms. The number of fused-ring (bicyclic) bond motifs is 1. The molecule has 5 nitrogen and oxygen atoms in total. The average Bonchev–Trinajstić information content (AvgIpc) is 3.08. The number of aryl methyl sites for hydroxylation is 1. The van der Waals surface area contributed by atoms with Gasteiger partial charge in [0.2, 0.25) is 0 Å². The van der Waals surface area contributed by atoms with Gasteiger partial charge in [0.25, 0.3) is 5.91 Å². The Labute approximate surface area is 179 Å². The van der Waals surface area contributed by atoms with Crippen molar-refractivity contribution in [3.63, 3.8) is 0 Å². The van der Waals surface area contributed by atoms with Crippen LogP contribution in [-0.2, 0) is 18.6 Å². The molecule has 1 aromatic carbocycles. The number of benzene rings is 1. The van der Waals surface area contributed by atoms with Gasteiger partial charge in [0.1, 0.15) is 11.1 Å². The lowest BCUT2D eigenvalue weighted by molar-refractivity contribution is -0.181. The number of hydrogen-bond donors (Lipinski definition) is 1. The lowest BCUT2D eigenvalue weighted by Gasteiger charge is -2.27. The molecule has 0 bridgehead atoms. The molecule has 0 fully saturated rings. The van der Waals surface area contributed by atoms with Crippen LogP contribution in [-0.4, -0.2) is 26.8 Å². The summed E-state index contributed by atoms with van der Waals surface area (Å²) >= 11 is 0. The maximum absolute atomic E-state index is 13.3. The largest absolute Gasteiger partial charge is 0.433 e. The lowest BCUT2D eigenvalue weighted by atomic mass is 9.87. The van der Waals surface area contributed by atoms with Crippen LogP contribution in [0.3, 0.4) is 0 Å². The molecule has 1 N–H and O–H groups in total. The quantitative estimate of drug-likeness (QED) is 0.539. The van der Waals surface area contributed by atoms with Gasteiger partial charge in [-0.15, -0.1) is 0 Å². The van der Waals surface area contributed by atoms with Crippen molar-refractivity contribution in [3.8, 4) is 0 Å². The van der Waals surface area contributed by atoms with Crippen LogP contribution in [0.4, 0.5) is 26.3 Å². The summed E-state index contributed by atoms with van der Waals surface area (Å²) in [6.07, 6.45) is -8.09. The van der Waals surface area contributed by atoms with E-state index in [0.29, 0.717) is 10.1 Å². The van der Waals surface area contributed by atoms with Crippen molar-refractivity contribution in [1.29, 1.82) is 0 Å². The second-order valence-electron chi connectivity index (χ2n) is 7.99. The summed E-state index contributed by atoms with van der Waals surface area (Å²) < 4.78 is 80.4. The minimum Gasteiger partial charge on any atom is -0.345 e. The van der Waals surface area contributed by atoms with Crippen LogP contribution in [0.25, 0.3) is 10.9 Å². The van der Waals surface area contributed by atoms with Gasteiger partial charge in [-0.3, -0.25) is 14.5 Å². The number of amides is 1. The van der Waals surface area contributed by atoms with Crippen LogP contribution in [0.2, 0.25) is 0 Å². The molecule has 0 spiro atoms. The molecule has 0 aliphatic carbocycles. The number of nitrogens with one attached hydrogen (secondary N) is 1. The zero-order valence-electron chi connectivity index (χ0n) is 17.6. The highest BCUT2D eigenvalue weighted by molar-refractivity contribution is 5.98. The SMILES string of the molecule is C[C@H](NC(=O)c1ccc2nc(C(C)(C)C(F)(F)F)ccc2c1)c1cnn(C)c1C(F)(F)F. The van der Waals surface area contributed by atoms with E-state index in [9.17, 15) is 31.1 Å². The zero-order valence-corrected chi connectivity index (χ0v) is 17.6. The number of carbonyl (C=O) groups is 1. The van der Waals surface area contributed by atoms with Crippen LogP contribution >= 0.6 is 0 Å². The number of pyridine rings is 1. The van der Waals surface area contributed by atoms with Crippen molar-refractivity contribution in [2.45, 2.75) is 44.6 Å². The summed E-state index contributed by atoms with van der Waals surface area (Å²) in [7, 11) is 1.16. The minimum atomic E-state index is -4.64. The topological polar surface area (TPSA) is 59.8 Å². The van der Waals surface area contributed by atoms with Crippen LogP contribution in [0.15, 0.2) is 36.5 Å². The van der Waals surface area contributed by atoms with E-state index >= 15 is 0 Å². The molecular formula is C21H20F6N4O. The van der Waals surface area contributed by atoms with Crippen molar-refractivity contribution in [3.05, 3.63) is 59.0 Å². The Morgan fingerprint density at radius 1 is 1.06 bits per heavy atom. The summed E-state index contributed by atoms with van der Waals surface area (Å²) in [5.74, 6) is -0.643. The Morgan fingerprint density at radius 2 is 1.72 bits per heavy atom. The maximum Gasteiger partial charge on any atom is 0.433 e. The van der Waals surface area contributed by atoms with Crippen LogP contribution < -0.4 is 5.32 Å². The van der Waals surface area contributed by atoms with E-state index in [1.165, 1.54) is 37.3 Å². The van der Waals surface area contributed by atoms with Crippen molar-refractivity contribution in [1.82, 2.24) is 20.1 Å². The monoisotopic (exact) mass is 458 g/mol. The number of halogens is 6. The Balaban J connectivity index is 1.86. The highest BCUT2D eigenvalue weighted by atomic mass is 19.4.